The highest BCUT2D eigenvalue weighted by atomic mass is 32.2. The molecule has 0 aliphatic carbocycles. The summed E-state index contributed by atoms with van der Waals surface area (Å²) < 4.78 is 33.2. The van der Waals surface area contributed by atoms with Gasteiger partial charge in [0, 0.05) is 0 Å². The number of para-hydroxylation sites is 2. The highest BCUT2D eigenvalue weighted by Crippen LogP contribution is 2.28. The van der Waals surface area contributed by atoms with Gasteiger partial charge in [-0.1, -0.05) is 18.2 Å². The number of amides is 1. The summed E-state index contributed by atoms with van der Waals surface area (Å²) >= 11 is 5.16. The molecule has 1 fully saturated rings. The molecule has 1 atom stereocenters. The number of carbonyl (C=O) groups is 1. The van der Waals surface area contributed by atoms with Crippen molar-refractivity contribution in [1.82, 2.24) is 5.32 Å². The van der Waals surface area contributed by atoms with Crippen LogP contribution in [0, 0.1) is 0 Å². The summed E-state index contributed by atoms with van der Waals surface area (Å²) in [7, 11) is -2.42. The van der Waals surface area contributed by atoms with Gasteiger partial charge in [-0.3, -0.25) is 14.4 Å². The molecule has 1 aliphatic heterocycles. The number of carbonyl (C=O) groups excluding carboxylic acids is 1. The summed E-state index contributed by atoms with van der Waals surface area (Å²) in [5, 5.41) is 3.10. The second kappa shape index (κ2) is 6.93. The Morgan fingerprint density at radius 2 is 1.92 bits per heavy atom. The lowest BCUT2D eigenvalue weighted by atomic mass is 10.2. The molecule has 1 amide bonds. The maximum atomic E-state index is 12.7. The van der Waals surface area contributed by atoms with Gasteiger partial charge in [0.15, 0.2) is 5.11 Å². The molecule has 9 heteroatoms. The number of ether oxygens (including phenoxy) is 1. The van der Waals surface area contributed by atoms with E-state index in [1.54, 1.807) is 43.3 Å². The van der Waals surface area contributed by atoms with Crippen molar-refractivity contribution in [3.05, 3.63) is 48.5 Å². The van der Waals surface area contributed by atoms with Gasteiger partial charge in [0.05, 0.1) is 23.4 Å². The Hall–Kier alpha value is -2.65. The molecular weight excluding hydrogens is 374 g/mol. The van der Waals surface area contributed by atoms with E-state index < -0.39 is 16.1 Å². The second-order valence-electron chi connectivity index (χ2n) is 5.65. The van der Waals surface area contributed by atoms with Crippen LogP contribution in [0.2, 0.25) is 0 Å². The Morgan fingerprint density at radius 3 is 2.58 bits per heavy atom. The molecule has 26 heavy (non-hydrogen) atoms. The van der Waals surface area contributed by atoms with Gasteiger partial charge >= 0.3 is 0 Å². The largest absolute Gasteiger partial charge is 0.495 e. The third-order valence-electron chi connectivity index (χ3n) is 3.87. The van der Waals surface area contributed by atoms with Gasteiger partial charge < -0.3 is 10.1 Å². The highest BCUT2D eigenvalue weighted by Gasteiger charge is 2.33. The highest BCUT2D eigenvalue weighted by molar-refractivity contribution is 7.92. The van der Waals surface area contributed by atoms with E-state index in [4.69, 9.17) is 17.0 Å². The standard InChI is InChI=1S/C17H17N3O4S2/c1-11-16(21)20(17(25)18-11)12-6-5-7-13(10-12)26(22,23)19-14-8-3-4-9-15(14)24-2/h3-11,19H,1-2H3,(H,18,25)/t11-/m0/s1. The van der Waals surface area contributed by atoms with Gasteiger partial charge in [0.2, 0.25) is 0 Å². The SMILES string of the molecule is COc1ccccc1NS(=O)(=O)c1cccc(N2C(=O)[C@H](C)NC2=S)c1. The van der Waals surface area contributed by atoms with Crippen molar-refractivity contribution in [3.8, 4) is 5.75 Å². The number of thiocarbonyl (C=S) groups is 1. The van der Waals surface area contributed by atoms with Crippen molar-refractivity contribution in [2.24, 2.45) is 0 Å². The number of anilines is 2. The molecular formula is C17H17N3O4S2. The molecule has 0 saturated carbocycles. The monoisotopic (exact) mass is 391 g/mol. The fourth-order valence-electron chi connectivity index (χ4n) is 2.57. The molecule has 0 radical (unpaired) electrons. The molecule has 2 N–H and O–H groups in total. The molecule has 0 aromatic heterocycles. The average Bonchev–Trinajstić information content (AvgIpc) is 2.87. The van der Waals surface area contributed by atoms with Crippen molar-refractivity contribution in [1.29, 1.82) is 0 Å². The predicted octanol–water partition coefficient (Wildman–Crippen LogP) is 2.11. The first-order valence-electron chi connectivity index (χ1n) is 7.74. The predicted molar refractivity (Wildman–Crippen MR) is 103 cm³/mol. The van der Waals surface area contributed by atoms with Crippen LogP contribution >= 0.6 is 12.2 Å². The van der Waals surface area contributed by atoms with Crippen molar-refractivity contribution >= 4 is 44.6 Å². The van der Waals surface area contributed by atoms with Crippen LogP contribution in [0.1, 0.15) is 6.92 Å². The van der Waals surface area contributed by atoms with Crippen LogP contribution in [0.3, 0.4) is 0 Å². The summed E-state index contributed by atoms with van der Waals surface area (Å²) in [4.78, 5) is 13.6. The fourth-order valence-corrected chi connectivity index (χ4v) is 4.05. The van der Waals surface area contributed by atoms with Crippen LogP contribution in [0.15, 0.2) is 53.4 Å². The van der Waals surface area contributed by atoms with E-state index in [9.17, 15) is 13.2 Å². The maximum absolute atomic E-state index is 12.7. The molecule has 1 aliphatic rings. The van der Waals surface area contributed by atoms with Crippen LogP contribution in [-0.2, 0) is 14.8 Å². The van der Waals surface area contributed by atoms with E-state index in [0.717, 1.165) is 0 Å². The Bertz CT molecular complexity index is 975. The third kappa shape index (κ3) is 3.35. The van der Waals surface area contributed by atoms with E-state index in [-0.39, 0.29) is 15.9 Å². The Morgan fingerprint density at radius 1 is 1.19 bits per heavy atom. The molecule has 2 aromatic carbocycles. The molecule has 0 bridgehead atoms. The Balaban J connectivity index is 1.94. The molecule has 136 valence electrons. The van der Waals surface area contributed by atoms with Gasteiger partial charge in [-0.15, -0.1) is 0 Å². The van der Waals surface area contributed by atoms with Crippen molar-refractivity contribution < 1.29 is 17.9 Å². The number of hydrogen-bond acceptors (Lipinski definition) is 5. The number of nitrogens with zero attached hydrogens (tertiary/aromatic N) is 1. The van der Waals surface area contributed by atoms with Gasteiger partial charge in [0.25, 0.3) is 15.9 Å². The second-order valence-corrected chi connectivity index (χ2v) is 7.72. The molecule has 1 heterocycles. The summed E-state index contributed by atoms with van der Waals surface area (Å²) in [6, 6.07) is 12.3. The van der Waals surface area contributed by atoms with Crippen molar-refractivity contribution in [3.63, 3.8) is 0 Å². The van der Waals surface area contributed by atoms with E-state index in [1.165, 1.54) is 24.1 Å². The number of sulfonamides is 1. The topological polar surface area (TPSA) is 87.7 Å². The maximum Gasteiger partial charge on any atom is 0.262 e. The Labute approximate surface area is 157 Å². The summed E-state index contributed by atoms with van der Waals surface area (Å²) in [6.07, 6.45) is 0. The molecule has 1 saturated heterocycles. The van der Waals surface area contributed by atoms with E-state index in [1.807, 2.05) is 0 Å². The molecule has 0 unspecified atom stereocenters. The smallest absolute Gasteiger partial charge is 0.262 e. The lowest BCUT2D eigenvalue weighted by molar-refractivity contribution is -0.117. The summed E-state index contributed by atoms with van der Waals surface area (Å²) in [6.45, 7) is 1.69. The number of methoxy groups -OCH3 is 1. The third-order valence-corrected chi connectivity index (χ3v) is 5.53. The fraction of sp³-hybridized carbons (Fsp3) is 0.176. The van der Waals surface area contributed by atoms with Crippen LogP contribution < -0.4 is 19.7 Å². The minimum Gasteiger partial charge on any atom is -0.495 e. The zero-order valence-electron chi connectivity index (χ0n) is 14.1. The molecule has 2 aromatic rings. The zero-order chi connectivity index (χ0) is 18.9. The summed E-state index contributed by atoms with van der Waals surface area (Å²) in [5.74, 6) is 0.170. The number of nitrogens with one attached hydrogen (secondary N) is 2. The van der Waals surface area contributed by atoms with E-state index >= 15 is 0 Å². The first-order valence-corrected chi connectivity index (χ1v) is 9.63. The molecule has 0 spiro atoms. The van der Waals surface area contributed by atoms with Crippen LogP contribution in [0.4, 0.5) is 11.4 Å². The number of hydrogen-bond donors (Lipinski definition) is 2. The first kappa shape index (κ1) is 18.2. The van der Waals surface area contributed by atoms with Gasteiger partial charge in [0.1, 0.15) is 11.8 Å². The van der Waals surface area contributed by atoms with Crippen molar-refractivity contribution in [2.75, 3.05) is 16.7 Å². The minimum atomic E-state index is -3.88. The lowest BCUT2D eigenvalue weighted by Crippen LogP contribution is -2.30. The lowest BCUT2D eigenvalue weighted by Gasteiger charge is -2.16. The van der Waals surface area contributed by atoms with E-state index in [2.05, 4.69) is 10.0 Å². The van der Waals surface area contributed by atoms with E-state index in [0.29, 0.717) is 17.1 Å². The number of benzene rings is 2. The van der Waals surface area contributed by atoms with Crippen LogP contribution in [0.5, 0.6) is 5.75 Å². The van der Waals surface area contributed by atoms with Crippen LogP contribution in [0.25, 0.3) is 0 Å². The zero-order valence-corrected chi connectivity index (χ0v) is 15.7. The molecule has 7 nitrogen and oxygen atoms in total. The van der Waals surface area contributed by atoms with Gasteiger partial charge in [-0.2, -0.15) is 0 Å². The van der Waals surface area contributed by atoms with Crippen molar-refractivity contribution in [2.45, 2.75) is 17.9 Å². The summed E-state index contributed by atoms with van der Waals surface area (Å²) in [5.41, 5.74) is 0.711. The average molecular weight is 391 g/mol. The first-order chi connectivity index (χ1) is 12.3. The quantitative estimate of drug-likeness (QED) is 0.759. The van der Waals surface area contributed by atoms with Gasteiger partial charge in [-0.05, 0) is 49.5 Å². The molecule has 3 rings (SSSR count). The normalized spacial score (nSPS) is 17.2. The number of rotatable bonds is 5. The minimum absolute atomic E-state index is 0.0102. The van der Waals surface area contributed by atoms with Gasteiger partial charge in [-0.25, -0.2) is 8.42 Å². The van der Waals surface area contributed by atoms with Crippen LogP contribution in [-0.4, -0.2) is 32.6 Å². The Kier molecular flexibility index (Phi) is 4.84.